The molecule has 0 aromatic carbocycles. The highest BCUT2D eigenvalue weighted by atomic mass is 16.2. The lowest BCUT2D eigenvalue weighted by atomic mass is 9.87. The number of amides is 1. The van der Waals surface area contributed by atoms with Crippen LogP contribution in [-0.4, -0.2) is 36.5 Å². The second kappa shape index (κ2) is 2.73. The van der Waals surface area contributed by atoms with Crippen LogP contribution in [0.2, 0.25) is 0 Å². The fourth-order valence-corrected chi connectivity index (χ4v) is 2.48. The predicted molar refractivity (Wildman–Crippen MR) is 46.8 cm³/mol. The Labute approximate surface area is 73.1 Å². The molecule has 2 aliphatic heterocycles. The molecule has 2 aliphatic rings. The van der Waals surface area contributed by atoms with Crippen molar-refractivity contribution in [3.63, 3.8) is 0 Å². The Bertz CT molecular complexity index is 205. The number of nitrogens with one attached hydrogen (secondary N) is 1. The van der Waals surface area contributed by atoms with Gasteiger partial charge in [-0.05, 0) is 39.3 Å². The minimum Gasteiger partial charge on any atom is -0.354 e. The molecule has 0 saturated carbocycles. The molecule has 2 saturated heterocycles. The van der Waals surface area contributed by atoms with E-state index in [-0.39, 0.29) is 11.4 Å². The summed E-state index contributed by atoms with van der Waals surface area (Å²) < 4.78 is 0. The van der Waals surface area contributed by atoms with Crippen LogP contribution in [0.25, 0.3) is 0 Å². The zero-order chi connectivity index (χ0) is 8.60. The second-order valence-corrected chi connectivity index (χ2v) is 3.92. The normalized spacial score (nSPS) is 37.2. The average molecular weight is 168 g/mol. The lowest BCUT2D eigenvalue weighted by Gasteiger charge is -2.37. The van der Waals surface area contributed by atoms with Gasteiger partial charge in [0.05, 0.1) is 0 Å². The molecule has 1 atom stereocenters. The van der Waals surface area contributed by atoms with Crippen LogP contribution >= 0.6 is 0 Å². The number of likely N-dealkylation sites (N-methyl/N-ethyl adjacent to an activating group) is 1. The largest absolute Gasteiger partial charge is 0.354 e. The van der Waals surface area contributed by atoms with Gasteiger partial charge >= 0.3 is 0 Å². The van der Waals surface area contributed by atoms with Crippen LogP contribution in [-0.2, 0) is 4.79 Å². The van der Waals surface area contributed by atoms with Crippen LogP contribution in [0.15, 0.2) is 0 Å². The van der Waals surface area contributed by atoms with E-state index in [1.165, 1.54) is 6.42 Å². The molecule has 68 valence electrons. The van der Waals surface area contributed by atoms with E-state index < -0.39 is 0 Å². The second-order valence-electron chi connectivity index (χ2n) is 3.92. The molecular formula is C9H16N2O. The van der Waals surface area contributed by atoms with Crippen molar-refractivity contribution in [2.24, 2.45) is 0 Å². The third kappa shape index (κ3) is 0.959. The lowest BCUT2D eigenvalue weighted by Crippen LogP contribution is -2.57. The van der Waals surface area contributed by atoms with Crippen LogP contribution in [0.1, 0.15) is 25.7 Å². The fraction of sp³-hybridized carbons (Fsp3) is 0.889. The Kier molecular flexibility index (Phi) is 1.83. The van der Waals surface area contributed by atoms with Gasteiger partial charge in [0.25, 0.3) is 0 Å². The molecule has 0 aliphatic carbocycles. The zero-order valence-corrected chi connectivity index (χ0v) is 7.60. The Hall–Kier alpha value is -0.570. The molecule has 0 aromatic rings. The van der Waals surface area contributed by atoms with Gasteiger partial charge in [0.1, 0.15) is 5.54 Å². The number of hydrogen-bond donors (Lipinski definition) is 1. The topological polar surface area (TPSA) is 32.3 Å². The number of carbonyl (C=O) groups excluding carboxylic acids is 1. The van der Waals surface area contributed by atoms with Crippen LogP contribution in [0.5, 0.6) is 0 Å². The van der Waals surface area contributed by atoms with Crippen molar-refractivity contribution in [1.29, 1.82) is 0 Å². The molecule has 3 nitrogen and oxygen atoms in total. The number of likely N-dealkylation sites (tertiary alicyclic amines) is 1. The molecule has 1 N–H and O–H groups in total. The Morgan fingerprint density at radius 1 is 1.42 bits per heavy atom. The van der Waals surface area contributed by atoms with Crippen molar-refractivity contribution < 1.29 is 4.79 Å². The summed E-state index contributed by atoms with van der Waals surface area (Å²) in [7, 11) is 2.07. The van der Waals surface area contributed by atoms with Crippen molar-refractivity contribution in [3.05, 3.63) is 0 Å². The van der Waals surface area contributed by atoms with E-state index in [1.807, 2.05) is 0 Å². The van der Waals surface area contributed by atoms with Crippen LogP contribution in [0, 0.1) is 0 Å². The van der Waals surface area contributed by atoms with Crippen molar-refractivity contribution in [3.8, 4) is 0 Å². The van der Waals surface area contributed by atoms with Crippen molar-refractivity contribution in [1.82, 2.24) is 10.2 Å². The molecule has 0 radical (unpaired) electrons. The molecule has 1 amide bonds. The van der Waals surface area contributed by atoms with Gasteiger partial charge < -0.3 is 5.32 Å². The van der Waals surface area contributed by atoms with Crippen molar-refractivity contribution in [2.45, 2.75) is 31.2 Å². The first kappa shape index (κ1) is 8.05. The maximum atomic E-state index is 11.7. The van der Waals surface area contributed by atoms with Gasteiger partial charge in [-0.15, -0.1) is 0 Å². The molecule has 2 heterocycles. The highest BCUT2D eigenvalue weighted by molar-refractivity contribution is 5.87. The number of carbonyl (C=O) groups is 1. The summed E-state index contributed by atoms with van der Waals surface area (Å²) in [5.74, 6) is 0.258. The highest BCUT2D eigenvalue weighted by Gasteiger charge is 2.46. The van der Waals surface area contributed by atoms with E-state index in [9.17, 15) is 4.79 Å². The summed E-state index contributed by atoms with van der Waals surface area (Å²) in [5.41, 5.74) is -0.127. The molecule has 0 aromatic heterocycles. The maximum absolute atomic E-state index is 11.7. The summed E-state index contributed by atoms with van der Waals surface area (Å²) in [4.78, 5) is 13.9. The first-order valence-corrected chi connectivity index (χ1v) is 4.75. The molecular weight excluding hydrogens is 152 g/mol. The summed E-state index contributed by atoms with van der Waals surface area (Å²) in [6.45, 7) is 1.95. The van der Waals surface area contributed by atoms with Gasteiger partial charge in [-0.2, -0.15) is 0 Å². The van der Waals surface area contributed by atoms with Crippen molar-refractivity contribution >= 4 is 5.91 Å². The van der Waals surface area contributed by atoms with Gasteiger partial charge in [-0.3, -0.25) is 9.69 Å². The molecule has 1 spiro atoms. The first-order chi connectivity index (χ1) is 5.76. The lowest BCUT2D eigenvalue weighted by molar-refractivity contribution is -0.133. The average Bonchev–Trinajstić information content (AvgIpc) is 2.41. The summed E-state index contributed by atoms with van der Waals surface area (Å²) in [6.07, 6.45) is 4.41. The third-order valence-corrected chi connectivity index (χ3v) is 3.29. The summed E-state index contributed by atoms with van der Waals surface area (Å²) in [6, 6.07) is 0. The number of hydrogen-bond acceptors (Lipinski definition) is 2. The number of piperidine rings is 1. The van der Waals surface area contributed by atoms with Gasteiger partial charge in [-0.1, -0.05) is 0 Å². The van der Waals surface area contributed by atoms with Gasteiger partial charge in [0, 0.05) is 6.54 Å². The van der Waals surface area contributed by atoms with E-state index in [4.69, 9.17) is 0 Å². The summed E-state index contributed by atoms with van der Waals surface area (Å²) in [5, 5.41) is 2.96. The van der Waals surface area contributed by atoms with E-state index in [0.717, 1.165) is 32.4 Å². The number of rotatable bonds is 0. The van der Waals surface area contributed by atoms with E-state index in [1.54, 1.807) is 0 Å². The monoisotopic (exact) mass is 168 g/mol. The molecule has 2 rings (SSSR count). The van der Waals surface area contributed by atoms with Gasteiger partial charge in [0.2, 0.25) is 5.91 Å². The minimum atomic E-state index is -0.127. The molecule has 0 bridgehead atoms. The van der Waals surface area contributed by atoms with Crippen LogP contribution in [0.3, 0.4) is 0 Å². The Morgan fingerprint density at radius 2 is 2.17 bits per heavy atom. The molecule has 1 unspecified atom stereocenters. The molecule has 2 fully saturated rings. The van der Waals surface area contributed by atoms with Gasteiger partial charge in [0.15, 0.2) is 0 Å². The third-order valence-electron chi connectivity index (χ3n) is 3.29. The van der Waals surface area contributed by atoms with E-state index in [0.29, 0.717) is 0 Å². The summed E-state index contributed by atoms with van der Waals surface area (Å²) >= 11 is 0. The molecule has 3 heteroatoms. The fourth-order valence-electron chi connectivity index (χ4n) is 2.48. The standard InChI is InChI=1S/C9H16N2O/c1-11-7-3-5-9(11)4-2-6-10-8(9)12/h2-7H2,1H3,(H,10,12). The molecule has 12 heavy (non-hydrogen) atoms. The Balaban J connectivity index is 2.21. The Morgan fingerprint density at radius 3 is 2.75 bits per heavy atom. The number of nitrogens with zero attached hydrogens (tertiary/aromatic N) is 1. The minimum absolute atomic E-state index is 0.127. The first-order valence-electron chi connectivity index (χ1n) is 4.75. The van der Waals surface area contributed by atoms with Crippen LogP contribution < -0.4 is 5.32 Å². The highest BCUT2D eigenvalue weighted by Crippen LogP contribution is 2.33. The smallest absolute Gasteiger partial charge is 0.240 e. The van der Waals surface area contributed by atoms with E-state index in [2.05, 4.69) is 17.3 Å². The van der Waals surface area contributed by atoms with Crippen LogP contribution in [0.4, 0.5) is 0 Å². The quantitative estimate of drug-likeness (QED) is 0.566. The van der Waals surface area contributed by atoms with Crippen molar-refractivity contribution in [2.75, 3.05) is 20.1 Å². The maximum Gasteiger partial charge on any atom is 0.240 e. The predicted octanol–water partition coefficient (Wildman–Crippen LogP) is 0.361. The van der Waals surface area contributed by atoms with E-state index >= 15 is 0 Å². The van der Waals surface area contributed by atoms with Gasteiger partial charge in [-0.25, -0.2) is 0 Å². The SMILES string of the molecule is CN1CCCC12CCCNC2=O. The zero-order valence-electron chi connectivity index (χ0n) is 7.60.